The lowest BCUT2D eigenvalue weighted by molar-refractivity contribution is -0.384. The monoisotopic (exact) mass is 466 g/mol. The Bertz CT molecular complexity index is 1450. The minimum Gasteiger partial charge on any atom is -0.454 e. The first kappa shape index (κ1) is 22.4. The second kappa shape index (κ2) is 9.46. The predicted octanol–water partition coefficient (Wildman–Crippen LogP) is 5.46. The van der Waals surface area contributed by atoms with E-state index in [2.05, 4.69) is 12.1 Å². The van der Waals surface area contributed by atoms with Crippen molar-refractivity contribution in [1.82, 2.24) is 4.98 Å². The van der Waals surface area contributed by atoms with Crippen LogP contribution in [0.15, 0.2) is 78.9 Å². The summed E-state index contributed by atoms with van der Waals surface area (Å²) >= 11 is 0. The van der Waals surface area contributed by atoms with Crippen LogP contribution in [0.25, 0.3) is 10.9 Å². The molecule has 1 aromatic heterocycles. The number of para-hydroxylation sites is 1. The maximum atomic E-state index is 13.4. The smallest absolute Gasteiger partial charge is 0.339 e. The van der Waals surface area contributed by atoms with Gasteiger partial charge in [0.1, 0.15) is 0 Å². The first-order chi connectivity index (χ1) is 17.0. The Labute approximate surface area is 201 Å². The molecule has 7 nitrogen and oxygen atoms in total. The Kier molecular flexibility index (Phi) is 6.06. The fraction of sp³-hybridized carbons (Fsp3) is 0.179. The molecular weight excluding hydrogens is 444 g/mol. The summed E-state index contributed by atoms with van der Waals surface area (Å²) in [5.74, 6) is -0.839. The summed E-state index contributed by atoms with van der Waals surface area (Å²) in [6.45, 7) is -0.506. The molecule has 3 aromatic carbocycles. The van der Waals surface area contributed by atoms with Gasteiger partial charge in [0.25, 0.3) is 5.69 Å². The minimum atomic E-state index is -0.590. The number of hydrogen-bond donors (Lipinski definition) is 0. The fourth-order valence-electron chi connectivity index (χ4n) is 4.71. The number of fused-ring (bicyclic) bond motifs is 2. The van der Waals surface area contributed by atoms with Crippen molar-refractivity contribution in [2.24, 2.45) is 0 Å². The number of nitro groups is 1. The van der Waals surface area contributed by atoms with E-state index in [4.69, 9.17) is 9.72 Å². The van der Waals surface area contributed by atoms with Gasteiger partial charge in [0.2, 0.25) is 5.78 Å². The van der Waals surface area contributed by atoms with E-state index >= 15 is 0 Å². The van der Waals surface area contributed by atoms with E-state index in [1.807, 2.05) is 42.5 Å². The molecule has 35 heavy (non-hydrogen) atoms. The Morgan fingerprint density at radius 3 is 2.57 bits per heavy atom. The number of hydrogen-bond acceptors (Lipinski definition) is 6. The summed E-state index contributed by atoms with van der Waals surface area (Å²) in [6.07, 6.45) is 2.33. The summed E-state index contributed by atoms with van der Waals surface area (Å²) in [6, 6.07) is 23.0. The number of aryl methyl sites for hydroxylation is 1. The van der Waals surface area contributed by atoms with Crippen molar-refractivity contribution < 1.29 is 19.2 Å². The maximum Gasteiger partial charge on any atom is 0.339 e. The van der Waals surface area contributed by atoms with Gasteiger partial charge in [0.05, 0.1) is 16.0 Å². The molecular formula is C28H22N2O5. The number of pyridine rings is 1. The molecule has 4 aromatic rings. The lowest BCUT2D eigenvalue weighted by Gasteiger charge is -2.26. The van der Waals surface area contributed by atoms with Gasteiger partial charge in [-0.2, -0.15) is 0 Å². The molecule has 7 heteroatoms. The van der Waals surface area contributed by atoms with Crippen LogP contribution in [0.1, 0.15) is 49.9 Å². The van der Waals surface area contributed by atoms with Crippen LogP contribution in [0.4, 0.5) is 5.69 Å². The number of ketones is 1. The van der Waals surface area contributed by atoms with E-state index in [-0.39, 0.29) is 17.2 Å². The number of non-ortho nitro benzene ring substituents is 1. The van der Waals surface area contributed by atoms with Gasteiger partial charge in [-0.1, -0.05) is 60.7 Å². The van der Waals surface area contributed by atoms with E-state index < -0.39 is 23.3 Å². The molecule has 1 aliphatic carbocycles. The van der Waals surface area contributed by atoms with Crippen molar-refractivity contribution >= 4 is 28.3 Å². The standard InChI is InChI=1S/C28H22N2O5/c31-26(20-9-6-10-21(15-20)30(33)34)17-35-28(32)27-22-11-4-5-12-24(22)29-25-14-13-19(16-23(25)27)18-7-2-1-3-8-18/h1-12,15,19H,13-14,16-17H2/t19-/m1/s1. The van der Waals surface area contributed by atoms with Gasteiger partial charge in [-0.25, -0.2) is 4.79 Å². The number of ether oxygens (including phenoxy) is 1. The molecule has 5 rings (SSSR count). The van der Waals surface area contributed by atoms with Crippen molar-refractivity contribution in [2.45, 2.75) is 25.2 Å². The largest absolute Gasteiger partial charge is 0.454 e. The van der Waals surface area contributed by atoms with Crippen LogP contribution < -0.4 is 0 Å². The highest BCUT2D eigenvalue weighted by Crippen LogP contribution is 2.36. The van der Waals surface area contributed by atoms with Crippen LogP contribution in [-0.4, -0.2) is 28.3 Å². The lowest BCUT2D eigenvalue weighted by Crippen LogP contribution is -2.21. The average Bonchev–Trinajstić information content (AvgIpc) is 2.90. The van der Waals surface area contributed by atoms with Gasteiger partial charge in [0.15, 0.2) is 6.61 Å². The third-order valence-electron chi connectivity index (χ3n) is 6.45. The summed E-state index contributed by atoms with van der Waals surface area (Å²) in [7, 11) is 0. The zero-order chi connectivity index (χ0) is 24.4. The van der Waals surface area contributed by atoms with Gasteiger partial charge in [-0.05, 0) is 42.4 Å². The normalized spacial score (nSPS) is 14.8. The molecule has 0 radical (unpaired) electrons. The highest BCUT2D eigenvalue weighted by Gasteiger charge is 2.28. The van der Waals surface area contributed by atoms with Crippen LogP contribution >= 0.6 is 0 Å². The van der Waals surface area contributed by atoms with Crippen molar-refractivity contribution in [3.63, 3.8) is 0 Å². The third kappa shape index (κ3) is 4.53. The zero-order valence-corrected chi connectivity index (χ0v) is 18.8. The molecule has 174 valence electrons. The second-order valence-electron chi connectivity index (χ2n) is 8.59. The third-order valence-corrected chi connectivity index (χ3v) is 6.45. The molecule has 1 atom stereocenters. The molecule has 1 aliphatic rings. The number of carbonyl (C=O) groups excluding carboxylic acids is 2. The molecule has 0 unspecified atom stereocenters. The molecule has 0 N–H and O–H groups in total. The predicted molar refractivity (Wildman–Crippen MR) is 131 cm³/mol. The van der Waals surface area contributed by atoms with Gasteiger partial charge >= 0.3 is 5.97 Å². The van der Waals surface area contributed by atoms with E-state index in [0.29, 0.717) is 22.9 Å². The highest BCUT2D eigenvalue weighted by atomic mass is 16.6. The number of rotatable bonds is 6. The summed E-state index contributed by atoms with van der Waals surface area (Å²) < 4.78 is 5.47. The molecule has 0 fully saturated rings. The Balaban J connectivity index is 1.45. The van der Waals surface area contributed by atoms with E-state index in [9.17, 15) is 19.7 Å². The molecule has 0 amide bonds. The van der Waals surface area contributed by atoms with Crippen LogP contribution in [0.2, 0.25) is 0 Å². The molecule has 1 heterocycles. The maximum absolute atomic E-state index is 13.4. The van der Waals surface area contributed by atoms with Crippen molar-refractivity contribution in [3.05, 3.63) is 117 Å². The lowest BCUT2D eigenvalue weighted by atomic mass is 9.80. The first-order valence-electron chi connectivity index (χ1n) is 11.4. The van der Waals surface area contributed by atoms with Crippen LogP contribution in [0.3, 0.4) is 0 Å². The fourth-order valence-corrected chi connectivity index (χ4v) is 4.71. The SMILES string of the molecule is O=C(COC(=O)c1c2c(nc3ccccc13)CC[C@@H](c1ccccc1)C2)c1cccc([N+](=O)[O-])c1. The molecule has 0 spiro atoms. The number of aromatic nitrogens is 1. The topological polar surface area (TPSA) is 99.4 Å². The van der Waals surface area contributed by atoms with Crippen LogP contribution in [0.5, 0.6) is 0 Å². The highest BCUT2D eigenvalue weighted by molar-refractivity contribution is 6.06. The molecule has 0 aliphatic heterocycles. The van der Waals surface area contributed by atoms with Crippen molar-refractivity contribution in [1.29, 1.82) is 0 Å². The molecule has 0 saturated carbocycles. The number of Topliss-reactive ketones (excluding diaryl/α,β-unsaturated/α-hetero) is 1. The summed E-state index contributed by atoms with van der Waals surface area (Å²) in [4.78, 5) is 41.3. The summed E-state index contributed by atoms with van der Waals surface area (Å²) in [5, 5.41) is 11.7. The zero-order valence-electron chi connectivity index (χ0n) is 18.8. The van der Waals surface area contributed by atoms with Crippen LogP contribution in [0, 0.1) is 10.1 Å². The average molecular weight is 466 g/mol. The number of benzene rings is 3. The summed E-state index contributed by atoms with van der Waals surface area (Å²) in [5.41, 5.74) is 4.04. The van der Waals surface area contributed by atoms with Gasteiger partial charge in [-0.15, -0.1) is 0 Å². The Hall–Kier alpha value is -4.39. The van der Waals surface area contributed by atoms with Gasteiger partial charge in [0, 0.05) is 28.8 Å². The number of carbonyl (C=O) groups is 2. The number of nitro benzene ring substituents is 1. The van der Waals surface area contributed by atoms with Crippen LogP contribution in [-0.2, 0) is 17.6 Å². The van der Waals surface area contributed by atoms with E-state index in [1.54, 1.807) is 0 Å². The number of nitrogens with zero attached hydrogens (tertiary/aromatic N) is 2. The molecule has 0 bridgehead atoms. The van der Waals surface area contributed by atoms with E-state index in [1.165, 1.54) is 29.8 Å². The Morgan fingerprint density at radius 1 is 1.00 bits per heavy atom. The van der Waals surface area contributed by atoms with Crippen molar-refractivity contribution in [2.75, 3.05) is 6.61 Å². The first-order valence-corrected chi connectivity index (χ1v) is 11.4. The van der Waals surface area contributed by atoms with E-state index in [0.717, 1.165) is 24.1 Å². The minimum absolute atomic E-state index is 0.123. The molecule has 0 saturated heterocycles. The van der Waals surface area contributed by atoms with Gasteiger partial charge in [-0.3, -0.25) is 19.9 Å². The number of esters is 1. The van der Waals surface area contributed by atoms with Gasteiger partial charge < -0.3 is 4.74 Å². The second-order valence-corrected chi connectivity index (χ2v) is 8.59. The quantitative estimate of drug-likeness (QED) is 0.162. The van der Waals surface area contributed by atoms with Crippen molar-refractivity contribution in [3.8, 4) is 0 Å². The Morgan fingerprint density at radius 2 is 1.77 bits per heavy atom.